The molecule has 0 aromatic carbocycles. The van der Waals surface area contributed by atoms with Crippen LogP contribution in [0.1, 0.15) is 53.9 Å². The fourth-order valence-electron chi connectivity index (χ4n) is 1.15. The summed E-state index contributed by atoms with van der Waals surface area (Å²) in [5.41, 5.74) is 1.35. The lowest BCUT2D eigenvalue weighted by Crippen LogP contribution is -1.93. The Kier molecular flexibility index (Phi) is 15.5. The van der Waals surface area contributed by atoms with Gasteiger partial charge in [-0.3, -0.25) is 4.99 Å². The van der Waals surface area contributed by atoms with Crippen molar-refractivity contribution < 1.29 is 4.74 Å². The Morgan fingerprint density at radius 3 is 2.33 bits per heavy atom. The van der Waals surface area contributed by atoms with Crippen LogP contribution in [0.2, 0.25) is 0 Å². The van der Waals surface area contributed by atoms with Gasteiger partial charge in [-0.15, -0.1) is 0 Å². The first-order valence-electron chi connectivity index (χ1n) is 6.19. The number of hydrogen-bond acceptors (Lipinski definition) is 2. The minimum absolute atomic E-state index is 0.819. The van der Waals surface area contributed by atoms with Crippen molar-refractivity contribution in [2.24, 2.45) is 10.9 Å². The molecule has 0 aromatic heterocycles. The van der Waals surface area contributed by atoms with Crippen molar-refractivity contribution in [3.63, 3.8) is 0 Å². The molecule has 0 aliphatic carbocycles. The van der Waals surface area contributed by atoms with Crippen LogP contribution in [-0.4, -0.2) is 26.0 Å². The van der Waals surface area contributed by atoms with E-state index in [9.17, 15) is 0 Å². The van der Waals surface area contributed by atoms with Gasteiger partial charge in [0.15, 0.2) is 0 Å². The lowest BCUT2D eigenvalue weighted by atomic mass is 10.0. The van der Waals surface area contributed by atoms with Gasteiger partial charge in [-0.05, 0) is 39.0 Å². The van der Waals surface area contributed by atoms with Crippen LogP contribution in [0.25, 0.3) is 0 Å². The fourth-order valence-corrected chi connectivity index (χ4v) is 1.15. The van der Waals surface area contributed by atoms with E-state index in [2.05, 4.69) is 23.6 Å². The number of methoxy groups -OCH3 is 1. The molecule has 0 bridgehead atoms. The van der Waals surface area contributed by atoms with Gasteiger partial charge < -0.3 is 4.74 Å². The number of nitrogens with zero attached hydrogens (tertiary/aromatic N) is 1. The van der Waals surface area contributed by atoms with Crippen LogP contribution < -0.4 is 0 Å². The van der Waals surface area contributed by atoms with Crippen molar-refractivity contribution in [1.29, 1.82) is 0 Å². The molecule has 1 rings (SSSR count). The lowest BCUT2D eigenvalue weighted by molar-refractivity contribution is 0.215. The maximum atomic E-state index is 4.54. The van der Waals surface area contributed by atoms with Crippen LogP contribution in [0.5, 0.6) is 0 Å². The van der Waals surface area contributed by atoms with Gasteiger partial charge in [0, 0.05) is 26.0 Å². The lowest BCUT2D eigenvalue weighted by Gasteiger charge is -2.02. The molecule has 1 aliphatic heterocycles. The first-order valence-corrected chi connectivity index (χ1v) is 6.19. The molecule has 2 heteroatoms. The summed E-state index contributed by atoms with van der Waals surface area (Å²) in [4.78, 5) is 4.39. The van der Waals surface area contributed by atoms with Crippen molar-refractivity contribution in [3.8, 4) is 0 Å². The average Bonchev–Trinajstić information content (AvgIpc) is 2.47. The third-order valence-electron chi connectivity index (χ3n) is 2.29. The first-order chi connectivity index (χ1) is 7.20. The van der Waals surface area contributed by atoms with E-state index in [4.69, 9.17) is 0 Å². The van der Waals surface area contributed by atoms with Crippen LogP contribution >= 0.6 is 0 Å². The molecule has 0 fully saturated rings. The fraction of sp³-hybridized carbons (Fsp3) is 0.923. The average molecular weight is 215 g/mol. The number of aliphatic imine (C=N–C) groups is 1. The smallest absolute Gasteiger partial charge is 0.0433 e. The quantitative estimate of drug-likeness (QED) is 0.649. The molecule has 0 saturated carbocycles. The maximum Gasteiger partial charge on any atom is 0.0433 e. The van der Waals surface area contributed by atoms with Gasteiger partial charge in [-0.25, -0.2) is 0 Å². The van der Waals surface area contributed by atoms with Crippen molar-refractivity contribution in [2.45, 2.75) is 53.9 Å². The minimum Gasteiger partial charge on any atom is -0.385 e. The van der Waals surface area contributed by atoms with E-state index in [1.54, 1.807) is 7.11 Å². The molecule has 0 radical (unpaired) electrons. The zero-order chi connectivity index (χ0) is 12.1. The molecule has 0 amide bonds. The highest BCUT2D eigenvalue weighted by Crippen LogP contribution is 2.14. The molecule has 2 nitrogen and oxygen atoms in total. The highest BCUT2D eigenvalue weighted by atomic mass is 16.5. The molecule has 0 spiro atoms. The Morgan fingerprint density at radius 1 is 1.33 bits per heavy atom. The summed E-state index contributed by atoms with van der Waals surface area (Å²) in [7, 11) is 1.68. The summed E-state index contributed by atoms with van der Waals surface area (Å²) >= 11 is 0. The molecule has 1 atom stereocenters. The van der Waals surface area contributed by atoms with E-state index >= 15 is 0 Å². The molecular formula is C13H29NO. The highest BCUT2D eigenvalue weighted by Gasteiger charge is 2.05. The molecular weight excluding hydrogens is 186 g/mol. The Balaban J connectivity index is 0. The molecule has 0 N–H and O–H groups in total. The van der Waals surface area contributed by atoms with Crippen molar-refractivity contribution in [3.05, 3.63) is 0 Å². The Labute approximate surface area is 96.1 Å². The number of ether oxygens (including phenoxy) is 1. The monoisotopic (exact) mass is 215 g/mol. The second-order valence-corrected chi connectivity index (χ2v) is 3.63. The zero-order valence-corrected chi connectivity index (χ0v) is 11.5. The third-order valence-corrected chi connectivity index (χ3v) is 2.29. The van der Waals surface area contributed by atoms with Crippen molar-refractivity contribution >= 4 is 5.71 Å². The summed E-state index contributed by atoms with van der Waals surface area (Å²) in [6.07, 6.45) is 3.86. The second-order valence-electron chi connectivity index (χ2n) is 3.63. The van der Waals surface area contributed by atoms with E-state index in [0.717, 1.165) is 19.1 Å². The van der Waals surface area contributed by atoms with Gasteiger partial charge in [-0.1, -0.05) is 20.8 Å². The summed E-state index contributed by atoms with van der Waals surface area (Å²) in [6, 6.07) is 0. The molecule has 0 saturated heterocycles. The van der Waals surface area contributed by atoms with E-state index in [-0.39, 0.29) is 0 Å². The van der Waals surface area contributed by atoms with Gasteiger partial charge in [-0.2, -0.15) is 0 Å². The number of hydrogen-bond donors (Lipinski definition) is 0. The molecule has 0 aromatic rings. The second kappa shape index (κ2) is 13.6. The first kappa shape index (κ1) is 17.0. The summed E-state index contributed by atoms with van der Waals surface area (Å²) in [6.45, 7) is 12.3. The zero-order valence-electron chi connectivity index (χ0n) is 11.5. The molecule has 1 heterocycles. The van der Waals surface area contributed by atoms with E-state index in [1.807, 2.05) is 20.8 Å². The van der Waals surface area contributed by atoms with E-state index in [0.29, 0.717) is 0 Å². The largest absolute Gasteiger partial charge is 0.385 e. The minimum atomic E-state index is 0.819. The number of rotatable bonds is 1. The SMILES string of the molecule is CC.CC1=NCCC(C)CC1.CCOC. The van der Waals surface area contributed by atoms with Crippen LogP contribution in [-0.2, 0) is 4.74 Å². The summed E-state index contributed by atoms with van der Waals surface area (Å²) in [5, 5.41) is 0. The van der Waals surface area contributed by atoms with Crippen LogP contribution in [0.3, 0.4) is 0 Å². The molecule has 92 valence electrons. The Hall–Kier alpha value is -0.370. The van der Waals surface area contributed by atoms with Crippen molar-refractivity contribution in [1.82, 2.24) is 0 Å². The van der Waals surface area contributed by atoms with Crippen LogP contribution in [0.4, 0.5) is 0 Å². The van der Waals surface area contributed by atoms with Gasteiger partial charge in [0.25, 0.3) is 0 Å². The molecule has 1 aliphatic rings. The van der Waals surface area contributed by atoms with Crippen molar-refractivity contribution in [2.75, 3.05) is 20.3 Å². The van der Waals surface area contributed by atoms with E-state index in [1.165, 1.54) is 25.0 Å². The standard InChI is InChI=1S/C8H15N.C3H8O.C2H6/c1-7-3-4-8(2)9-6-5-7;1-3-4-2;1-2/h7H,3-6H2,1-2H3;3H2,1-2H3;1-2H3. The normalized spacial score (nSPS) is 19.9. The van der Waals surface area contributed by atoms with E-state index < -0.39 is 0 Å². The summed E-state index contributed by atoms with van der Waals surface area (Å²) < 4.78 is 4.54. The highest BCUT2D eigenvalue weighted by molar-refractivity contribution is 5.81. The predicted octanol–water partition coefficient (Wildman–Crippen LogP) is 3.95. The molecule has 1 unspecified atom stereocenters. The Bertz CT molecular complexity index is 141. The van der Waals surface area contributed by atoms with Gasteiger partial charge in [0.1, 0.15) is 0 Å². The molecule has 15 heavy (non-hydrogen) atoms. The van der Waals surface area contributed by atoms with Crippen LogP contribution in [0.15, 0.2) is 4.99 Å². The van der Waals surface area contributed by atoms with Gasteiger partial charge in [0.05, 0.1) is 0 Å². The predicted molar refractivity (Wildman–Crippen MR) is 69.9 cm³/mol. The van der Waals surface area contributed by atoms with Gasteiger partial charge >= 0.3 is 0 Å². The Morgan fingerprint density at radius 2 is 1.87 bits per heavy atom. The topological polar surface area (TPSA) is 21.6 Å². The third kappa shape index (κ3) is 13.6. The summed E-state index contributed by atoms with van der Waals surface area (Å²) in [5.74, 6) is 0.895. The maximum absolute atomic E-state index is 4.54. The van der Waals surface area contributed by atoms with Crippen LogP contribution in [0, 0.1) is 5.92 Å². The van der Waals surface area contributed by atoms with Gasteiger partial charge in [0.2, 0.25) is 0 Å².